The average Bonchev–Trinajstić information content (AvgIpc) is 2.96. The van der Waals surface area contributed by atoms with Crippen LogP contribution in [-0.2, 0) is 6.32 Å². The molecule has 23 heavy (non-hydrogen) atoms. The highest BCUT2D eigenvalue weighted by atomic mass is 35.5. The third kappa shape index (κ3) is 3.08. The third-order valence-corrected chi connectivity index (χ3v) is 4.11. The minimum Gasteiger partial charge on any atom is -0.227 e. The zero-order chi connectivity index (χ0) is 16.4. The van der Waals surface area contributed by atoms with Crippen molar-refractivity contribution in [2.24, 2.45) is 0 Å². The van der Waals surface area contributed by atoms with E-state index in [1.54, 1.807) is 10.6 Å². The molecule has 0 aliphatic carbocycles. The second kappa shape index (κ2) is 6.43. The highest BCUT2D eigenvalue weighted by Gasteiger charge is 2.24. The fraction of sp³-hybridized carbons (Fsp3) is 0.235. The highest BCUT2D eigenvalue weighted by Crippen LogP contribution is 2.19. The Labute approximate surface area is 140 Å². The largest absolute Gasteiger partial charge is 0.326 e. The van der Waals surface area contributed by atoms with Crippen LogP contribution in [0.4, 0.5) is 0 Å². The number of aromatic nitrogens is 3. The van der Waals surface area contributed by atoms with Gasteiger partial charge in [-0.05, 0) is 18.3 Å². The van der Waals surface area contributed by atoms with E-state index >= 15 is 0 Å². The van der Waals surface area contributed by atoms with Crippen LogP contribution in [0.5, 0.6) is 0 Å². The molecule has 0 fully saturated rings. The van der Waals surface area contributed by atoms with Gasteiger partial charge >= 0.3 is 6.71 Å². The molecule has 0 spiro atoms. The molecule has 4 nitrogen and oxygen atoms in total. The zero-order valence-electron chi connectivity index (χ0n) is 13.1. The number of benzene rings is 1. The Balaban J connectivity index is 2.09. The molecule has 0 aliphatic rings. The van der Waals surface area contributed by atoms with E-state index < -0.39 is 0 Å². The summed E-state index contributed by atoms with van der Waals surface area (Å²) in [7, 11) is 0. The molecule has 6 heteroatoms. The van der Waals surface area contributed by atoms with Gasteiger partial charge in [0.25, 0.3) is 0 Å². The van der Waals surface area contributed by atoms with Gasteiger partial charge in [-0.3, -0.25) is 0 Å². The number of hydrogen-bond donors (Lipinski definition) is 0. The molecular formula is C17H16BClN4. The van der Waals surface area contributed by atoms with Crippen molar-refractivity contribution in [1.82, 2.24) is 14.6 Å². The lowest BCUT2D eigenvalue weighted by atomic mass is 9.45. The van der Waals surface area contributed by atoms with Gasteiger partial charge in [0.05, 0.1) is 6.20 Å². The fourth-order valence-electron chi connectivity index (χ4n) is 2.69. The van der Waals surface area contributed by atoms with Gasteiger partial charge in [0, 0.05) is 17.1 Å². The van der Waals surface area contributed by atoms with Crippen LogP contribution in [-0.4, -0.2) is 21.3 Å². The molecule has 0 saturated heterocycles. The molecule has 0 amide bonds. The summed E-state index contributed by atoms with van der Waals surface area (Å²) in [5.74, 6) is 2.67. The van der Waals surface area contributed by atoms with Crippen LogP contribution < -0.4 is 5.59 Å². The average molecular weight is 323 g/mol. The Morgan fingerprint density at radius 1 is 1.30 bits per heavy atom. The van der Waals surface area contributed by atoms with E-state index in [1.807, 2.05) is 36.5 Å². The number of hydrogen-bond acceptors (Lipinski definition) is 3. The van der Waals surface area contributed by atoms with E-state index in [0.717, 1.165) is 22.4 Å². The third-order valence-electron chi connectivity index (χ3n) is 3.91. The monoisotopic (exact) mass is 322 g/mol. The van der Waals surface area contributed by atoms with Gasteiger partial charge in [-0.1, -0.05) is 61.3 Å². The van der Waals surface area contributed by atoms with Gasteiger partial charge in [-0.2, -0.15) is 5.10 Å². The number of nitriles is 1. The van der Waals surface area contributed by atoms with Crippen LogP contribution in [0.25, 0.3) is 5.65 Å². The molecule has 3 rings (SSSR count). The van der Waals surface area contributed by atoms with E-state index in [0.29, 0.717) is 17.4 Å². The van der Waals surface area contributed by atoms with Gasteiger partial charge in [-0.15, -0.1) is 0 Å². The SMILES string of the molecule is CC(C)c1cnn2c(B(C#N)Cc3ccccc3)cc(Cl)nc12. The topological polar surface area (TPSA) is 54.0 Å². The van der Waals surface area contributed by atoms with Crippen LogP contribution >= 0.6 is 11.6 Å². The summed E-state index contributed by atoms with van der Waals surface area (Å²) < 4.78 is 1.75. The second-order valence-corrected chi connectivity index (χ2v) is 6.25. The molecule has 2 heterocycles. The van der Waals surface area contributed by atoms with Crippen molar-refractivity contribution in [2.45, 2.75) is 26.1 Å². The van der Waals surface area contributed by atoms with Crippen molar-refractivity contribution in [2.75, 3.05) is 0 Å². The lowest BCUT2D eigenvalue weighted by Gasteiger charge is -2.10. The highest BCUT2D eigenvalue weighted by molar-refractivity contribution is 6.79. The van der Waals surface area contributed by atoms with Crippen LogP contribution in [0, 0.1) is 11.2 Å². The molecule has 2 aromatic heterocycles. The summed E-state index contributed by atoms with van der Waals surface area (Å²) in [6, 6.07) is 11.7. The van der Waals surface area contributed by atoms with Crippen molar-refractivity contribution in [1.29, 1.82) is 5.26 Å². The zero-order valence-corrected chi connectivity index (χ0v) is 13.8. The number of rotatable bonds is 4. The van der Waals surface area contributed by atoms with Crippen LogP contribution in [0.1, 0.15) is 30.9 Å². The fourth-order valence-corrected chi connectivity index (χ4v) is 2.89. The quantitative estimate of drug-likeness (QED) is 0.548. The van der Waals surface area contributed by atoms with Crippen LogP contribution in [0.2, 0.25) is 5.15 Å². The van der Waals surface area contributed by atoms with Crippen molar-refractivity contribution in [3.8, 4) is 5.97 Å². The predicted molar refractivity (Wildman–Crippen MR) is 93.2 cm³/mol. The summed E-state index contributed by atoms with van der Waals surface area (Å²) in [5, 5.41) is 14.5. The van der Waals surface area contributed by atoms with Gasteiger partial charge < -0.3 is 0 Å². The van der Waals surface area contributed by atoms with Gasteiger partial charge in [0.1, 0.15) is 5.15 Å². The Bertz CT molecular complexity index is 867. The molecule has 0 atom stereocenters. The molecule has 0 radical (unpaired) electrons. The Morgan fingerprint density at radius 3 is 2.70 bits per heavy atom. The standard InChI is InChI=1S/C17H16BClN4/c1-12(2)14-10-21-23-15(8-16(19)22-17(14)23)18(11-20)9-13-6-4-3-5-7-13/h3-8,10,12H,9H2,1-2H3. The molecule has 1 aromatic carbocycles. The summed E-state index contributed by atoms with van der Waals surface area (Å²) in [4.78, 5) is 4.40. The molecule has 0 N–H and O–H groups in total. The first-order valence-electron chi connectivity index (χ1n) is 7.57. The van der Waals surface area contributed by atoms with E-state index in [4.69, 9.17) is 11.6 Å². The maximum Gasteiger partial charge on any atom is 0.326 e. The lowest BCUT2D eigenvalue weighted by molar-refractivity contribution is 0.872. The van der Waals surface area contributed by atoms with Crippen LogP contribution in [0.15, 0.2) is 42.6 Å². The molecule has 0 aliphatic heterocycles. The number of nitrogens with zero attached hydrogens (tertiary/aromatic N) is 4. The summed E-state index contributed by atoms with van der Waals surface area (Å²) in [6.45, 7) is 3.84. The number of fused-ring (bicyclic) bond motifs is 1. The summed E-state index contributed by atoms with van der Waals surface area (Å²) in [5.41, 5.74) is 3.65. The Kier molecular flexibility index (Phi) is 4.36. The maximum absolute atomic E-state index is 9.65. The van der Waals surface area contributed by atoms with Crippen molar-refractivity contribution in [3.63, 3.8) is 0 Å². The van der Waals surface area contributed by atoms with Gasteiger partial charge in [0.15, 0.2) is 5.65 Å². The molecule has 0 unspecified atom stereocenters. The first-order chi connectivity index (χ1) is 11.1. The molecule has 0 bridgehead atoms. The first kappa shape index (κ1) is 15.6. The minimum absolute atomic E-state index is 0.293. The Morgan fingerprint density at radius 2 is 2.04 bits per heavy atom. The van der Waals surface area contributed by atoms with E-state index in [-0.39, 0.29) is 6.71 Å². The minimum atomic E-state index is -0.333. The van der Waals surface area contributed by atoms with E-state index in [1.165, 1.54) is 0 Å². The molecular weight excluding hydrogens is 306 g/mol. The normalized spacial score (nSPS) is 10.9. The number of halogens is 1. The second-order valence-electron chi connectivity index (χ2n) is 5.87. The Hall–Kier alpha value is -2.32. The van der Waals surface area contributed by atoms with E-state index in [9.17, 15) is 5.26 Å². The lowest BCUT2D eigenvalue weighted by Crippen LogP contribution is -2.37. The van der Waals surface area contributed by atoms with Gasteiger partial charge in [-0.25, -0.2) is 14.8 Å². The van der Waals surface area contributed by atoms with Crippen LogP contribution in [0.3, 0.4) is 0 Å². The predicted octanol–water partition coefficient (Wildman–Crippen LogP) is 3.05. The molecule has 3 aromatic rings. The molecule has 114 valence electrons. The molecule has 0 saturated carbocycles. The van der Waals surface area contributed by atoms with Gasteiger partial charge in [0.2, 0.25) is 0 Å². The van der Waals surface area contributed by atoms with Crippen molar-refractivity contribution < 1.29 is 0 Å². The summed E-state index contributed by atoms with van der Waals surface area (Å²) >= 11 is 6.20. The first-order valence-corrected chi connectivity index (χ1v) is 7.95. The van der Waals surface area contributed by atoms with Crippen molar-refractivity contribution >= 4 is 29.6 Å². The summed E-state index contributed by atoms with van der Waals surface area (Å²) in [6.07, 6.45) is 2.42. The maximum atomic E-state index is 9.65. The smallest absolute Gasteiger partial charge is 0.227 e. The van der Waals surface area contributed by atoms with Crippen molar-refractivity contribution in [3.05, 3.63) is 58.9 Å². The van der Waals surface area contributed by atoms with E-state index in [2.05, 4.69) is 29.9 Å².